The lowest BCUT2D eigenvalue weighted by atomic mass is 10.0. The summed E-state index contributed by atoms with van der Waals surface area (Å²) in [6, 6.07) is 8.90. The van der Waals surface area contributed by atoms with Gasteiger partial charge in [0.25, 0.3) is 0 Å². The van der Waals surface area contributed by atoms with Gasteiger partial charge in [-0.3, -0.25) is 0 Å². The summed E-state index contributed by atoms with van der Waals surface area (Å²) in [6.07, 6.45) is 0.778. The molecule has 2 rings (SSSR count). The summed E-state index contributed by atoms with van der Waals surface area (Å²) in [4.78, 5) is 0. The van der Waals surface area contributed by atoms with E-state index in [0.29, 0.717) is 6.54 Å². The van der Waals surface area contributed by atoms with Crippen molar-refractivity contribution < 1.29 is 4.39 Å². The number of benzene rings is 1. The SMILES string of the molecule is N#CC1CNC(c2cccc(F)c2)C1. The van der Waals surface area contributed by atoms with Crippen molar-refractivity contribution in [2.75, 3.05) is 6.54 Å². The van der Waals surface area contributed by atoms with Gasteiger partial charge in [-0.2, -0.15) is 5.26 Å². The van der Waals surface area contributed by atoms with Gasteiger partial charge in [0.15, 0.2) is 0 Å². The van der Waals surface area contributed by atoms with E-state index in [-0.39, 0.29) is 17.8 Å². The Bertz CT molecular complexity index is 370. The summed E-state index contributed by atoms with van der Waals surface area (Å²) in [5.41, 5.74) is 0.933. The van der Waals surface area contributed by atoms with Crippen LogP contribution in [0.15, 0.2) is 24.3 Å². The average molecular weight is 190 g/mol. The Hall–Kier alpha value is -1.40. The quantitative estimate of drug-likeness (QED) is 0.735. The molecule has 2 unspecified atom stereocenters. The zero-order valence-electron chi connectivity index (χ0n) is 7.70. The Labute approximate surface area is 82.4 Å². The topological polar surface area (TPSA) is 35.8 Å². The van der Waals surface area contributed by atoms with Gasteiger partial charge < -0.3 is 5.32 Å². The molecule has 0 amide bonds. The first-order valence-corrected chi connectivity index (χ1v) is 4.68. The van der Waals surface area contributed by atoms with Gasteiger partial charge in [-0.25, -0.2) is 4.39 Å². The minimum absolute atomic E-state index is 0.0586. The van der Waals surface area contributed by atoms with Crippen molar-refractivity contribution in [2.45, 2.75) is 12.5 Å². The first-order chi connectivity index (χ1) is 6.79. The normalized spacial score (nSPS) is 26.0. The van der Waals surface area contributed by atoms with Crippen molar-refractivity contribution in [3.8, 4) is 6.07 Å². The lowest BCUT2D eigenvalue weighted by Gasteiger charge is -2.09. The highest BCUT2D eigenvalue weighted by Gasteiger charge is 2.24. The van der Waals surface area contributed by atoms with Gasteiger partial charge in [-0.05, 0) is 24.1 Å². The zero-order valence-corrected chi connectivity index (χ0v) is 7.70. The number of nitriles is 1. The molecule has 0 saturated carbocycles. The molecule has 0 radical (unpaired) electrons. The smallest absolute Gasteiger partial charge is 0.123 e. The van der Waals surface area contributed by atoms with E-state index < -0.39 is 0 Å². The molecule has 0 aliphatic carbocycles. The lowest BCUT2D eigenvalue weighted by Crippen LogP contribution is -2.13. The minimum Gasteiger partial charge on any atom is -0.309 e. The lowest BCUT2D eigenvalue weighted by molar-refractivity contribution is 0.603. The first-order valence-electron chi connectivity index (χ1n) is 4.68. The van der Waals surface area contributed by atoms with Crippen LogP contribution in [0.25, 0.3) is 0 Å². The van der Waals surface area contributed by atoms with Crippen LogP contribution in [-0.2, 0) is 0 Å². The van der Waals surface area contributed by atoms with Crippen LogP contribution >= 0.6 is 0 Å². The molecule has 0 spiro atoms. The summed E-state index contributed by atoms with van der Waals surface area (Å²) >= 11 is 0. The fourth-order valence-corrected chi connectivity index (χ4v) is 1.81. The Morgan fingerprint density at radius 3 is 3.00 bits per heavy atom. The van der Waals surface area contributed by atoms with Crippen LogP contribution < -0.4 is 5.32 Å². The van der Waals surface area contributed by atoms with Gasteiger partial charge in [0.05, 0.1) is 12.0 Å². The van der Waals surface area contributed by atoms with Crippen molar-refractivity contribution in [2.24, 2.45) is 5.92 Å². The fraction of sp³-hybridized carbons (Fsp3) is 0.364. The second kappa shape index (κ2) is 3.77. The summed E-state index contributed by atoms with van der Waals surface area (Å²) in [5, 5.41) is 11.9. The number of halogens is 1. The predicted molar refractivity (Wildman–Crippen MR) is 50.9 cm³/mol. The van der Waals surface area contributed by atoms with Gasteiger partial charge in [0, 0.05) is 12.6 Å². The Morgan fingerprint density at radius 1 is 1.50 bits per heavy atom. The predicted octanol–water partition coefficient (Wildman–Crippen LogP) is 2.00. The van der Waals surface area contributed by atoms with E-state index >= 15 is 0 Å². The maximum absolute atomic E-state index is 12.9. The third-order valence-electron chi connectivity index (χ3n) is 2.56. The maximum Gasteiger partial charge on any atom is 0.123 e. The molecule has 1 saturated heterocycles. The van der Waals surface area contributed by atoms with E-state index in [2.05, 4.69) is 11.4 Å². The van der Waals surface area contributed by atoms with Gasteiger partial charge in [-0.15, -0.1) is 0 Å². The molecule has 1 fully saturated rings. The van der Waals surface area contributed by atoms with Crippen molar-refractivity contribution in [1.82, 2.24) is 5.32 Å². The van der Waals surface area contributed by atoms with E-state index in [1.807, 2.05) is 6.07 Å². The highest BCUT2D eigenvalue weighted by Crippen LogP contribution is 2.26. The molecule has 1 N–H and O–H groups in total. The van der Waals surface area contributed by atoms with Crippen LogP contribution in [-0.4, -0.2) is 6.54 Å². The summed E-state index contributed by atoms with van der Waals surface area (Å²) in [6.45, 7) is 0.706. The molecule has 14 heavy (non-hydrogen) atoms. The van der Waals surface area contributed by atoms with Crippen molar-refractivity contribution in [3.63, 3.8) is 0 Å². The van der Waals surface area contributed by atoms with Crippen molar-refractivity contribution >= 4 is 0 Å². The third kappa shape index (κ3) is 1.75. The number of nitrogens with one attached hydrogen (secondary N) is 1. The van der Waals surface area contributed by atoms with E-state index in [1.54, 1.807) is 6.07 Å². The molecule has 1 aliphatic rings. The molecule has 1 aliphatic heterocycles. The van der Waals surface area contributed by atoms with Gasteiger partial charge in [-0.1, -0.05) is 12.1 Å². The minimum atomic E-state index is -0.218. The van der Waals surface area contributed by atoms with Crippen LogP contribution in [0.4, 0.5) is 4.39 Å². The Morgan fingerprint density at radius 2 is 2.36 bits per heavy atom. The van der Waals surface area contributed by atoms with E-state index in [1.165, 1.54) is 12.1 Å². The summed E-state index contributed by atoms with van der Waals surface area (Å²) in [5.74, 6) is -0.159. The number of nitrogens with zero attached hydrogens (tertiary/aromatic N) is 1. The second-order valence-electron chi connectivity index (χ2n) is 3.58. The van der Waals surface area contributed by atoms with E-state index in [9.17, 15) is 4.39 Å². The first kappa shape index (κ1) is 9.17. The highest BCUT2D eigenvalue weighted by atomic mass is 19.1. The van der Waals surface area contributed by atoms with Crippen molar-refractivity contribution in [1.29, 1.82) is 5.26 Å². The van der Waals surface area contributed by atoms with Crippen LogP contribution in [0, 0.1) is 23.1 Å². The molecule has 2 nitrogen and oxygen atoms in total. The van der Waals surface area contributed by atoms with Crippen LogP contribution in [0.5, 0.6) is 0 Å². The largest absolute Gasteiger partial charge is 0.309 e. The second-order valence-corrected chi connectivity index (χ2v) is 3.58. The summed E-state index contributed by atoms with van der Waals surface area (Å²) < 4.78 is 12.9. The molecule has 3 heteroatoms. The van der Waals surface area contributed by atoms with Crippen LogP contribution in [0.1, 0.15) is 18.0 Å². The molecular weight excluding hydrogens is 179 g/mol. The van der Waals surface area contributed by atoms with Crippen molar-refractivity contribution in [3.05, 3.63) is 35.6 Å². The number of rotatable bonds is 1. The zero-order chi connectivity index (χ0) is 9.97. The summed E-state index contributed by atoms with van der Waals surface area (Å²) in [7, 11) is 0. The van der Waals surface area contributed by atoms with Gasteiger partial charge in [0.2, 0.25) is 0 Å². The number of hydrogen-bond acceptors (Lipinski definition) is 2. The average Bonchev–Trinajstić information content (AvgIpc) is 2.66. The van der Waals surface area contributed by atoms with Crippen LogP contribution in [0.3, 0.4) is 0 Å². The standard InChI is InChI=1S/C11H11FN2/c12-10-3-1-2-9(5-10)11-4-8(6-13)7-14-11/h1-3,5,8,11,14H,4,7H2. The van der Waals surface area contributed by atoms with Gasteiger partial charge >= 0.3 is 0 Å². The maximum atomic E-state index is 12.9. The molecule has 0 bridgehead atoms. The number of hydrogen-bond donors (Lipinski definition) is 1. The molecule has 72 valence electrons. The molecule has 1 heterocycles. The third-order valence-corrected chi connectivity index (χ3v) is 2.56. The molecule has 2 atom stereocenters. The van der Waals surface area contributed by atoms with E-state index in [0.717, 1.165) is 12.0 Å². The monoisotopic (exact) mass is 190 g/mol. The fourth-order valence-electron chi connectivity index (χ4n) is 1.81. The molecule has 1 aromatic carbocycles. The molecular formula is C11H11FN2. The van der Waals surface area contributed by atoms with Crippen LogP contribution in [0.2, 0.25) is 0 Å². The van der Waals surface area contributed by atoms with E-state index in [4.69, 9.17) is 5.26 Å². The molecule has 0 aromatic heterocycles. The van der Waals surface area contributed by atoms with Gasteiger partial charge in [0.1, 0.15) is 5.82 Å². The Kier molecular flexibility index (Phi) is 2.47. The molecule has 1 aromatic rings. The Balaban J connectivity index is 2.14. The highest BCUT2D eigenvalue weighted by molar-refractivity contribution is 5.21.